The second kappa shape index (κ2) is 5.84. The lowest BCUT2D eigenvalue weighted by molar-refractivity contribution is 0.101. The fraction of sp³-hybridized carbons (Fsp3) is 0.150. The predicted octanol–water partition coefficient (Wildman–Crippen LogP) is 4.55. The highest BCUT2D eigenvalue weighted by atomic mass is 16.5. The molecule has 6 nitrogen and oxygen atoms in total. The van der Waals surface area contributed by atoms with Gasteiger partial charge in [-0.2, -0.15) is 4.98 Å². The Labute approximate surface area is 149 Å². The zero-order valence-corrected chi connectivity index (χ0v) is 14.7. The smallest absolute Gasteiger partial charge is 0.293 e. The molecule has 2 aromatic carbocycles. The molecule has 2 aromatic heterocycles. The summed E-state index contributed by atoms with van der Waals surface area (Å²) >= 11 is 0. The summed E-state index contributed by atoms with van der Waals surface area (Å²) in [7, 11) is 0. The largest absolute Gasteiger partial charge is 0.451 e. The Bertz CT molecular complexity index is 1120. The van der Waals surface area contributed by atoms with Gasteiger partial charge < -0.3 is 14.7 Å². The number of fused-ring (bicyclic) bond motifs is 1. The van der Waals surface area contributed by atoms with Crippen molar-refractivity contribution >= 4 is 22.4 Å². The quantitative estimate of drug-likeness (QED) is 0.431. The maximum absolute atomic E-state index is 11.5. The highest BCUT2D eigenvalue weighted by Crippen LogP contribution is 2.32. The first kappa shape index (κ1) is 16.1. The Hall–Kier alpha value is -3.41. The van der Waals surface area contributed by atoms with Gasteiger partial charge in [-0.3, -0.25) is 4.79 Å². The van der Waals surface area contributed by atoms with Crippen molar-refractivity contribution in [3.05, 3.63) is 53.1 Å². The maximum Gasteiger partial charge on any atom is 0.293 e. The molecule has 0 bridgehead atoms. The van der Waals surface area contributed by atoms with E-state index >= 15 is 0 Å². The molecule has 6 heteroatoms. The van der Waals surface area contributed by atoms with Gasteiger partial charge in [0.2, 0.25) is 5.82 Å². The Morgan fingerprint density at radius 2 is 1.85 bits per heavy atom. The number of benzene rings is 2. The van der Waals surface area contributed by atoms with E-state index < -0.39 is 0 Å². The lowest BCUT2D eigenvalue weighted by Crippen LogP contribution is -1.97. The maximum atomic E-state index is 11.5. The topological polar surface area (TPSA) is 95.1 Å². The number of carbonyl (C=O) groups excluding carboxylic acids is 1. The van der Waals surface area contributed by atoms with Crippen LogP contribution in [0.25, 0.3) is 34.0 Å². The van der Waals surface area contributed by atoms with Crippen molar-refractivity contribution in [3.63, 3.8) is 0 Å². The highest BCUT2D eigenvalue weighted by Gasteiger charge is 2.18. The van der Waals surface area contributed by atoms with Gasteiger partial charge in [0.05, 0.1) is 0 Å². The zero-order valence-electron chi connectivity index (χ0n) is 14.7. The number of hydrogen-bond donors (Lipinski definition) is 1. The molecule has 4 rings (SSSR count). The Balaban J connectivity index is 1.76. The van der Waals surface area contributed by atoms with Crippen LogP contribution in [-0.4, -0.2) is 15.9 Å². The van der Waals surface area contributed by atoms with Crippen molar-refractivity contribution in [1.29, 1.82) is 0 Å². The third kappa shape index (κ3) is 2.56. The molecular formula is C20H17N3O3. The molecular weight excluding hydrogens is 330 g/mol. The molecule has 0 aliphatic carbocycles. The van der Waals surface area contributed by atoms with Crippen LogP contribution in [0.4, 0.5) is 5.69 Å². The number of anilines is 1. The summed E-state index contributed by atoms with van der Waals surface area (Å²) in [4.78, 5) is 15.9. The van der Waals surface area contributed by atoms with Gasteiger partial charge in [0, 0.05) is 22.2 Å². The van der Waals surface area contributed by atoms with Crippen molar-refractivity contribution in [2.75, 3.05) is 5.73 Å². The fourth-order valence-corrected chi connectivity index (χ4v) is 2.92. The minimum absolute atomic E-state index is 0.0509. The molecule has 0 radical (unpaired) electrons. The van der Waals surface area contributed by atoms with Gasteiger partial charge in [0.15, 0.2) is 11.5 Å². The number of hydrogen-bond acceptors (Lipinski definition) is 6. The van der Waals surface area contributed by atoms with Crippen LogP contribution in [0.2, 0.25) is 0 Å². The number of nitrogens with two attached hydrogens (primary N) is 1. The number of ketones is 1. The summed E-state index contributed by atoms with van der Waals surface area (Å²) in [5.74, 6) is 1.09. The average Bonchev–Trinajstić information content (AvgIpc) is 3.25. The molecule has 0 aliphatic rings. The first-order valence-corrected chi connectivity index (χ1v) is 8.18. The van der Waals surface area contributed by atoms with Gasteiger partial charge >= 0.3 is 0 Å². The van der Waals surface area contributed by atoms with Gasteiger partial charge in [0.1, 0.15) is 5.58 Å². The molecule has 0 spiro atoms. The molecule has 2 heterocycles. The number of Topliss-reactive ketones (excluding diaryl/α,β-unsaturated/α-hetero) is 1. The monoisotopic (exact) mass is 347 g/mol. The molecule has 0 atom stereocenters. The van der Waals surface area contributed by atoms with Crippen molar-refractivity contribution in [3.8, 4) is 23.0 Å². The number of aromatic nitrogens is 2. The fourth-order valence-electron chi connectivity index (χ4n) is 2.92. The minimum Gasteiger partial charge on any atom is -0.451 e. The summed E-state index contributed by atoms with van der Waals surface area (Å²) in [5, 5.41) is 5.02. The summed E-state index contributed by atoms with van der Waals surface area (Å²) in [6.45, 7) is 5.51. The molecule has 0 amide bonds. The third-order valence-corrected chi connectivity index (χ3v) is 4.43. The molecule has 0 fully saturated rings. The van der Waals surface area contributed by atoms with Crippen LogP contribution >= 0.6 is 0 Å². The predicted molar refractivity (Wildman–Crippen MR) is 98.8 cm³/mol. The molecule has 0 aliphatic heterocycles. The molecule has 130 valence electrons. The number of furan rings is 1. The second-order valence-corrected chi connectivity index (χ2v) is 6.33. The summed E-state index contributed by atoms with van der Waals surface area (Å²) in [6, 6.07) is 11.0. The number of carbonyl (C=O) groups is 1. The van der Waals surface area contributed by atoms with E-state index in [1.165, 1.54) is 6.92 Å². The Morgan fingerprint density at radius 3 is 2.54 bits per heavy atom. The Morgan fingerprint density at radius 1 is 1.08 bits per heavy atom. The summed E-state index contributed by atoms with van der Waals surface area (Å²) in [5.41, 5.74) is 10.6. The minimum atomic E-state index is -0.0509. The second-order valence-electron chi connectivity index (χ2n) is 6.33. The van der Waals surface area contributed by atoms with Crippen molar-refractivity contribution < 1.29 is 13.7 Å². The first-order valence-electron chi connectivity index (χ1n) is 8.18. The van der Waals surface area contributed by atoms with Crippen LogP contribution in [0.5, 0.6) is 0 Å². The van der Waals surface area contributed by atoms with Crippen molar-refractivity contribution in [1.82, 2.24) is 10.1 Å². The molecule has 0 saturated carbocycles. The SMILES string of the molecule is CC(=O)c1ccc(-c2noc(-c3cc4c(C)ccc(C)c4o3)n2)c(N)c1. The highest BCUT2D eigenvalue weighted by molar-refractivity contribution is 5.96. The number of nitrogens with zero attached hydrogens (tertiary/aromatic N) is 2. The van der Waals surface area contributed by atoms with Gasteiger partial charge in [-0.1, -0.05) is 23.4 Å². The van der Waals surface area contributed by atoms with Crippen LogP contribution in [-0.2, 0) is 0 Å². The van der Waals surface area contributed by atoms with Gasteiger partial charge in [0.25, 0.3) is 5.89 Å². The summed E-state index contributed by atoms with van der Waals surface area (Å²) < 4.78 is 11.3. The van der Waals surface area contributed by atoms with E-state index in [1.54, 1.807) is 18.2 Å². The molecule has 2 N–H and O–H groups in total. The molecule has 0 unspecified atom stereocenters. The standard InChI is InChI=1S/C20H17N3O3/c1-10-4-5-11(2)18-15(10)9-17(25-18)20-22-19(23-26-20)14-7-6-13(12(3)24)8-16(14)21/h4-9H,21H2,1-3H3. The normalized spacial score (nSPS) is 11.2. The van der Waals surface area contributed by atoms with Crippen molar-refractivity contribution in [2.45, 2.75) is 20.8 Å². The number of nitrogen functional groups attached to an aromatic ring is 1. The molecule has 4 aromatic rings. The van der Waals surface area contributed by atoms with Crippen LogP contribution in [0.15, 0.2) is 45.3 Å². The first-order chi connectivity index (χ1) is 12.4. The lowest BCUT2D eigenvalue weighted by Gasteiger charge is -2.02. The van der Waals surface area contributed by atoms with E-state index in [9.17, 15) is 4.79 Å². The van der Waals surface area contributed by atoms with Crippen LogP contribution in [0, 0.1) is 13.8 Å². The summed E-state index contributed by atoms with van der Waals surface area (Å²) in [6.07, 6.45) is 0. The van der Waals surface area contributed by atoms with E-state index in [-0.39, 0.29) is 11.7 Å². The van der Waals surface area contributed by atoms with Gasteiger partial charge in [-0.15, -0.1) is 0 Å². The lowest BCUT2D eigenvalue weighted by atomic mass is 10.1. The third-order valence-electron chi connectivity index (χ3n) is 4.43. The Kier molecular flexibility index (Phi) is 3.61. The number of aryl methyl sites for hydroxylation is 2. The van der Waals surface area contributed by atoms with Crippen LogP contribution in [0.3, 0.4) is 0 Å². The van der Waals surface area contributed by atoms with E-state index in [4.69, 9.17) is 14.7 Å². The van der Waals surface area contributed by atoms with Crippen molar-refractivity contribution in [2.24, 2.45) is 0 Å². The zero-order chi connectivity index (χ0) is 18.4. The van der Waals surface area contributed by atoms with Crippen LogP contribution < -0.4 is 5.73 Å². The van der Waals surface area contributed by atoms with E-state index in [1.807, 2.05) is 32.0 Å². The van der Waals surface area contributed by atoms with E-state index in [2.05, 4.69) is 10.1 Å². The van der Waals surface area contributed by atoms with Gasteiger partial charge in [-0.05, 0) is 50.1 Å². The van der Waals surface area contributed by atoms with Gasteiger partial charge in [-0.25, -0.2) is 0 Å². The van der Waals surface area contributed by atoms with E-state index in [0.717, 1.165) is 22.1 Å². The molecule has 26 heavy (non-hydrogen) atoms. The average molecular weight is 347 g/mol. The number of rotatable bonds is 3. The molecule has 0 saturated heterocycles. The van der Waals surface area contributed by atoms with Crippen LogP contribution in [0.1, 0.15) is 28.4 Å². The van der Waals surface area contributed by atoms with E-state index in [0.29, 0.717) is 28.4 Å².